The minimum Gasteiger partial charge on any atom is -0.494 e. The monoisotopic (exact) mass is 442 g/mol. The molecule has 0 fully saturated rings. The van der Waals surface area contributed by atoms with Crippen LogP contribution in [-0.2, 0) is 9.53 Å². The molecule has 0 bridgehead atoms. The maximum absolute atomic E-state index is 12.6. The zero-order chi connectivity index (χ0) is 24.0. The third kappa shape index (κ3) is 5.84. The van der Waals surface area contributed by atoms with Gasteiger partial charge in [0.15, 0.2) is 12.4 Å². The molecule has 172 valence electrons. The molecule has 0 aliphatic carbocycles. The molecular formula is C24H30N2O6. The van der Waals surface area contributed by atoms with Crippen LogP contribution in [0.3, 0.4) is 0 Å². The molecule has 32 heavy (non-hydrogen) atoms. The first-order valence-corrected chi connectivity index (χ1v) is 10.5. The zero-order valence-electron chi connectivity index (χ0n) is 19.3. The molecule has 1 atom stereocenters. The molecule has 2 rings (SSSR count). The summed E-state index contributed by atoms with van der Waals surface area (Å²) in [5.41, 5.74) is 2.19. The number of carbonyl (C=O) groups is 4. The van der Waals surface area contributed by atoms with Gasteiger partial charge in [-0.1, -0.05) is 13.8 Å². The molecule has 1 heterocycles. The molecule has 0 saturated heterocycles. The van der Waals surface area contributed by atoms with Crippen LogP contribution in [0.4, 0.5) is 0 Å². The van der Waals surface area contributed by atoms with E-state index in [-0.39, 0.29) is 17.4 Å². The Balaban J connectivity index is 2.04. The first kappa shape index (κ1) is 24.8. The topological polar surface area (TPSA) is 115 Å². The second-order valence-electron chi connectivity index (χ2n) is 7.86. The lowest BCUT2D eigenvalue weighted by Gasteiger charge is -2.20. The average molecular weight is 443 g/mol. The fourth-order valence-electron chi connectivity index (χ4n) is 3.45. The lowest BCUT2D eigenvalue weighted by atomic mass is 10.0. The quantitative estimate of drug-likeness (QED) is 0.430. The van der Waals surface area contributed by atoms with Gasteiger partial charge in [0.1, 0.15) is 11.8 Å². The third-order valence-electron chi connectivity index (χ3n) is 5.05. The summed E-state index contributed by atoms with van der Waals surface area (Å²) >= 11 is 0. The molecule has 2 N–H and O–H groups in total. The molecule has 8 nitrogen and oxygen atoms in total. The van der Waals surface area contributed by atoms with Gasteiger partial charge in [0.05, 0.1) is 12.3 Å². The van der Waals surface area contributed by atoms with Crippen LogP contribution in [0.5, 0.6) is 5.75 Å². The van der Waals surface area contributed by atoms with Gasteiger partial charge in [-0.25, -0.2) is 4.79 Å². The number of amides is 1. The van der Waals surface area contributed by atoms with Crippen LogP contribution in [0.1, 0.15) is 70.2 Å². The molecular weight excluding hydrogens is 412 g/mol. The first-order valence-electron chi connectivity index (χ1n) is 10.5. The summed E-state index contributed by atoms with van der Waals surface area (Å²) in [6.45, 7) is 10.2. The highest BCUT2D eigenvalue weighted by atomic mass is 16.5. The lowest BCUT2D eigenvalue weighted by molar-refractivity contribution is -0.145. The molecule has 0 aliphatic heterocycles. The number of nitrogens with one attached hydrogen (secondary N) is 2. The number of carbonyl (C=O) groups excluding carboxylic acids is 4. The number of aromatic amines is 1. The van der Waals surface area contributed by atoms with Crippen molar-refractivity contribution in [3.63, 3.8) is 0 Å². The van der Waals surface area contributed by atoms with E-state index >= 15 is 0 Å². The Morgan fingerprint density at radius 3 is 2.19 bits per heavy atom. The second kappa shape index (κ2) is 10.7. The van der Waals surface area contributed by atoms with Crippen LogP contribution in [0, 0.1) is 19.8 Å². The van der Waals surface area contributed by atoms with Gasteiger partial charge in [-0.2, -0.15) is 0 Å². The van der Waals surface area contributed by atoms with E-state index in [0.717, 1.165) is 0 Å². The van der Waals surface area contributed by atoms with Gasteiger partial charge in [0.25, 0.3) is 5.91 Å². The molecule has 2 aromatic rings. The van der Waals surface area contributed by atoms with Gasteiger partial charge in [0.2, 0.25) is 5.78 Å². The number of hydrogen-bond acceptors (Lipinski definition) is 6. The van der Waals surface area contributed by atoms with E-state index in [1.165, 1.54) is 6.92 Å². The van der Waals surface area contributed by atoms with Crippen molar-refractivity contribution in [1.82, 2.24) is 10.3 Å². The van der Waals surface area contributed by atoms with E-state index in [0.29, 0.717) is 34.7 Å². The minimum absolute atomic E-state index is 0.149. The van der Waals surface area contributed by atoms with E-state index < -0.39 is 30.3 Å². The van der Waals surface area contributed by atoms with Crippen LogP contribution in [-0.4, -0.2) is 47.7 Å². The summed E-state index contributed by atoms with van der Waals surface area (Å²) in [6, 6.07) is 5.64. The predicted octanol–water partition coefficient (Wildman–Crippen LogP) is 3.41. The van der Waals surface area contributed by atoms with Crippen molar-refractivity contribution in [3.8, 4) is 5.75 Å². The van der Waals surface area contributed by atoms with Crippen molar-refractivity contribution < 1.29 is 28.7 Å². The van der Waals surface area contributed by atoms with Gasteiger partial charge in [0, 0.05) is 16.8 Å². The van der Waals surface area contributed by atoms with Crippen molar-refractivity contribution in [2.75, 3.05) is 13.2 Å². The van der Waals surface area contributed by atoms with Crippen LogP contribution >= 0.6 is 0 Å². The molecule has 1 amide bonds. The Labute approximate surface area is 187 Å². The molecule has 1 unspecified atom stereocenters. The van der Waals surface area contributed by atoms with Crippen molar-refractivity contribution in [2.24, 2.45) is 5.92 Å². The van der Waals surface area contributed by atoms with Gasteiger partial charge < -0.3 is 19.8 Å². The van der Waals surface area contributed by atoms with E-state index in [4.69, 9.17) is 9.47 Å². The maximum Gasteiger partial charge on any atom is 0.329 e. The number of benzene rings is 1. The van der Waals surface area contributed by atoms with Crippen LogP contribution in [0.15, 0.2) is 24.3 Å². The normalized spacial score (nSPS) is 11.7. The van der Waals surface area contributed by atoms with Gasteiger partial charge in [-0.05, 0) is 63.4 Å². The molecule has 0 spiro atoms. The van der Waals surface area contributed by atoms with Gasteiger partial charge in [-0.15, -0.1) is 0 Å². The van der Waals surface area contributed by atoms with Crippen molar-refractivity contribution in [3.05, 3.63) is 52.3 Å². The van der Waals surface area contributed by atoms with E-state index in [2.05, 4.69) is 10.3 Å². The Bertz CT molecular complexity index is 1000. The number of ether oxygens (including phenoxy) is 2. The van der Waals surface area contributed by atoms with E-state index in [1.807, 2.05) is 6.92 Å². The van der Waals surface area contributed by atoms with E-state index in [9.17, 15) is 19.2 Å². The van der Waals surface area contributed by atoms with Crippen LogP contribution in [0.2, 0.25) is 0 Å². The summed E-state index contributed by atoms with van der Waals surface area (Å²) < 4.78 is 10.6. The summed E-state index contributed by atoms with van der Waals surface area (Å²) in [5, 5.41) is 2.67. The number of ketones is 2. The molecule has 1 aromatic carbocycles. The highest BCUT2D eigenvalue weighted by Crippen LogP contribution is 2.19. The zero-order valence-corrected chi connectivity index (χ0v) is 19.3. The highest BCUT2D eigenvalue weighted by Gasteiger charge is 2.28. The number of aromatic nitrogens is 1. The maximum atomic E-state index is 12.6. The standard InChI is InChI=1S/C24H30N2O6/c1-7-31-18-10-8-17(9-11-18)23(29)26-21(13(2)3)24(30)32-12-19(28)22-14(4)20(16(6)27)15(5)25-22/h8-11,13,21,25H,7,12H2,1-6H3,(H,26,29). The minimum atomic E-state index is -0.930. The number of Topliss-reactive ketones (excluding diaryl/α,β-unsaturated/α-hetero) is 2. The largest absolute Gasteiger partial charge is 0.494 e. The smallest absolute Gasteiger partial charge is 0.329 e. The summed E-state index contributed by atoms with van der Waals surface area (Å²) in [5.74, 6) is -1.36. The first-order chi connectivity index (χ1) is 15.1. The molecule has 1 aromatic heterocycles. The number of aryl methyl sites for hydroxylation is 1. The van der Waals surface area contributed by atoms with Crippen LogP contribution < -0.4 is 10.1 Å². The Hall–Kier alpha value is -3.42. The fourth-order valence-corrected chi connectivity index (χ4v) is 3.45. The number of rotatable bonds is 10. The summed E-state index contributed by atoms with van der Waals surface area (Å²) in [7, 11) is 0. The Kier molecular flexibility index (Phi) is 8.34. The van der Waals surface area contributed by atoms with Crippen molar-refractivity contribution >= 4 is 23.4 Å². The van der Waals surface area contributed by atoms with Crippen molar-refractivity contribution in [1.29, 1.82) is 0 Å². The fraction of sp³-hybridized carbons (Fsp3) is 0.417. The second-order valence-corrected chi connectivity index (χ2v) is 7.86. The Morgan fingerprint density at radius 2 is 1.69 bits per heavy atom. The number of H-pyrrole nitrogens is 1. The molecule has 0 radical (unpaired) electrons. The molecule has 0 saturated carbocycles. The van der Waals surface area contributed by atoms with E-state index in [1.54, 1.807) is 52.0 Å². The number of esters is 1. The Morgan fingerprint density at radius 1 is 1.06 bits per heavy atom. The van der Waals surface area contributed by atoms with Gasteiger partial charge >= 0.3 is 5.97 Å². The number of hydrogen-bond donors (Lipinski definition) is 2. The average Bonchev–Trinajstić information content (AvgIpc) is 3.04. The SMILES string of the molecule is CCOc1ccc(C(=O)NC(C(=O)OCC(=O)c2[nH]c(C)c(C(C)=O)c2C)C(C)C)cc1. The molecule has 8 heteroatoms. The third-order valence-corrected chi connectivity index (χ3v) is 5.05. The van der Waals surface area contributed by atoms with Crippen LogP contribution in [0.25, 0.3) is 0 Å². The summed E-state index contributed by atoms with van der Waals surface area (Å²) in [4.78, 5) is 52.4. The predicted molar refractivity (Wildman–Crippen MR) is 119 cm³/mol. The van der Waals surface area contributed by atoms with Crippen molar-refractivity contribution in [2.45, 2.75) is 47.6 Å². The highest BCUT2D eigenvalue weighted by molar-refractivity contribution is 6.04. The lowest BCUT2D eigenvalue weighted by Crippen LogP contribution is -2.45. The molecule has 0 aliphatic rings. The summed E-state index contributed by atoms with van der Waals surface area (Å²) in [6.07, 6.45) is 0. The van der Waals surface area contributed by atoms with Gasteiger partial charge in [-0.3, -0.25) is 14.4 Å².